The molecule has 2 aromatic rings. The van der Waals surface area contributed by atoms with Gasteiger partial charge in [-0.2, -0.15) is 0 Å². The molecule has 0 atom stereocenters. The van der Waals surface area contributed by atoms with Crippen LogP contribution in [0.1, 0.15) is 10.4 Å². The number of benzene rings is 2. The maximum atomic E-state index is 11.2. The van der Waals surface area contributed by atoms with E-state index in [1.807, 2.05) is 0 Å². The van der Waals surface area contributed by atoms with E-state index in [0.717, 1.165) is 5.39 Å². The van der Waals surface area contributed by atoms with E-state index in [1.54, 1.807) is 24.3 Å². The number of aliphatic carboxylic acids is 1. The molecule has 16 heavy (non-hydrogen) atoms. The van der Waals surface area contributed by atoms with Crippen molar-refractivity contribution >= 4 is 22.5 Å². The largest absolute Gasteiger partial charge is 0.507 e. The molecular formula is C12H8O4. The first-order valence-electron chi connectivity index (χ1n) is 4.59. The van der Waals surface area contributed by atoms with Gasteiger partial charge in [0, 0.05) is 0 Å². The predicted octanol–water partition coefficient (Wildman–Crippen LogP) is 1.81. The zero-order chi connectivity index (χ0) is 11.7. The van der Waals surface area contributed by atoms with Crippen LogP contribution in [0.2, 0.25) is 0 Å². The molecule has 4 heteroatoms. The predicted molar refractivity (Wildman–Crippen MR) is 57.6 cm³/mol. The molecule has 4 nitrogen and oxygen atoms in total. The van der Waals surface area contributed by atoms with Crippen LogP contribution >= 0.6 is 0 Å². The highest BCUT2D eigenvalue weighted by Gasteiger charge is 2.18. The summed E-state index contributed by atoms with van der Waals surface area (Å²) in [6.45, 7) is 0. The lowest BCUT2D eigenvalue weighted by Crippen LogP contribution is -2.12. The van der Waals surface area contributed by atoms with Gasteiger partial charge in [-0.15, -0.1) is 0 Å². The van der Waals surface area contributed by atoms with Crippen molar-refractivity contribution in [2.24, 2.45) is 0 Å². The van der Waals surface area contributed by atoms with Crippen molar-refractivity contribution in [1.82, 2.24) is 0 Å². The van der Waals surface area contributed by atoms with E-state index in [1.165, 1.54) is 12.1 Å². The van der Waals surface area contributed by atoms with Crippen LogP contribution in [-0.2, 0) is 4.79 Å². The lowest BCUT2D eigenvalue weighted by molar-refractivity contribution is -0.131. The highest BCUT2D eigenvalue weighted by atomic mass is 16.4. The number of rotatable bonds is 2. The first kappa shape index (κ1) is 10.2. The SMILES string of the molecule is O=C(O)C(=O)c1cc2ccccc2cc1O. The molecule has 2 rings (SSSR count). The summed E-state index contributed by atoms with van der Waals surface area (Å²) in [6, 6.07) is 9.83. The van der Waals surface area contributed by atoms with Crippen molar-refractivity contribution in [2.45, 2.75) is 0 Å². The molecule has 0 spiro atoms. The second-order valence-electron chi connectivity index (χ2n) is 3.35. The number of hydrogen-bond donors (Lipinski definition) is 2. The molecule has 0 bridgehead atoms. The average Bonchev–Trinajstić information content (AvgIpc) is 2.27. The molecule has 0 fully saturated rings. The number of hydrogen-bond acceptors (Lipinski definition) is 3. The minimum absolute atomic E-state index is 0.189. The number of carboxylic acid groups (broad SMARTS) is 1. The second kappa shape index (κ2) is 3.66. The lowest BCUT2D eigenvalue weighted by atomic mass is 10.0. The number of aromatic hydroxyl groups is 1. The Morgan fingerprint density at radius 1 is 1.00 bits per heavy atom. The normalized spacial score (nSPS) is 10.2. The van der Waals surface area contributed by atoms with E-state index in [9.17, 15) is 14.7 Å². The molecule has 0 radical (unpaired) electrons. The molecule has 0 heterocycles. The zero-order valence-corrected chi connectivity index (χ0v) is 8.18. The van der Waals surface area contributed by atoms with Crippen molar-refractivity contribution in [3.05, 3.63) is 42.0 Å². The molecule has 0 aromatic heterocycles. The van der Waals surface area contributed by atoms with Gasteiger partial charge in [0.25, 0.3) is 5.78 Å². The Bertz CT molecular complexity index is 587. The van der Waals surface area contributed by atoms with Crippen molar-refractivity contribution in [1.29, 1.82) is 0 Å². The van der Waals surface area contributed by atoms with E-state index >= 15 is 0 Å². The van der Waals surface area contributed by atoms with Gasteiger partial charge < -0.3 is 10.2 Å². The number of carboxylic acids is 1. The summed E-state index contributed by atoms with van der Waals surface area (Å²) < 4.78 is 0. The third kappa shape index (κ3) is 1.61. The molecule has 0 aliphatic rings. The van der Waals surface area contributed by atoms with Crippen LogP contribution in [0.3, 0.4) is 0 Å². The standard InChI is InChI=1S/C12H8O4/c13-10-6-8-4-2-1-3-7(8)5-9(10)11(14)12(15)16/h1-6,13H,(H,15,16). The maximum absolute atomic E-state index is 11.2. The average molecular weight is 216 g/mol. The smallest absolute Gasteiger partial charge is 0.377 e. The van der Waals surface area contributed by atoms with E-state index in [0.29, 0.717) is 5.39 Å². The quantitative estimate of drug-likeness (QED) is 0.593. The molecule has 0 aliphatic carbocycles. The lowest BCUT2D eigenvalue weighted by Gasteiger charge is -2.03. The van der Waals surface area contributed by atoms with Crippen molar-refractivity contribution < 1.29 is 19.8 Å². The highest BCUT2D eigenvalue weighted by molar-refractivity contribution is 6.40. The van der Waals surface area contributed by atoms with Gasteiger partial charge in [-0.25, -0.2) is 4.79 Å². The van der Waals surface area contributed by atoms with E-state index < -0.39 is 11.8 Å². The number of phenolic OH excluding ortho intramolecular Hbond substituents is 1. The van der Waals surface area contributed by atoms with Gasteiger partial charge in [0.05, 0.1) is 5.56 Å². The topological polar surface area (TPSA) is 74.6 Å². The molecule has 0 saturated heterocycles. The van der Waals surface area contributed by atoms with E-state index in [2.05, 4.69) is 0 Å². The molecule has 0 saturated carbocycles. The Hall–Kier alpha value is -2.36. The third-order valence-electron chi connectivity index (χ3n) is 2.30. The van der Waals surface area contributed by atoms with Gasteiger partial charge in [-0.1, -0.05) is 24.3 Å². The summed E-state index contributed by atoms with van der Waals surface area (Å²) in [5, 5.41) is 19.6. The Morgan fingerprint density at radius 3 is 2.12 bits per heavy atom. The number of carbonyl (C=O) groups is 2. The van der Waals surface area contributed by atoms with Crippen molar-refractivity contribution in [3.63, 3.8) is 0 Å². The molecule has 0 unspecified atom stereocenters. The Balaban J connectivity index is 2.67. The molecule has 2 N–H and O–H groups in total. The Kier molecular flexibility index (Phi) is 2.32. The first-order valence-corrected chi connectivity index (χ1v) is 4.59. The van der Waals surface area contributed by atoms with Crippen LogP contribution in [0.15, 0.2) is 36.4 Å². The summed E-state index contributed by atoms with van der Waals surface area (Å²) in [6.07, 6.45) is 0. The van der Waals surface area contributed by atoms with Crippen molar-refractivity contribution in [2.75, 3.05) is 0 Å². The van der Waals surface area contributed by atoms with Crippen LogP contribution in [-0.4, -0.2) is 22.0 Å². The van der Waals surface area contributed by atoms with Crippen LogP contribution in [0, 0.1) is 0 Å². The van der Waals surface area contributed by atoms with Gasteiger partial charge in [0.2, 0.25) is 0 Å². The number of carbonyl (C=O) groups excluding carboxylic acids is 1. The Labute approximate surface area is 90.8 Å². The van der Waals surface area contributed by atoms with Crippen LogP contribution < -0.4 is 0 Å². The fraction of sp³-hybridized carbons (Fsp3) is 0. The summed E-state index contributed by atoms with van der Waals surface area (Å²) >= 11 is 0. The van der Waals surface area contributed by atoms with Gasteiger partial charge in [-0.3, -0.25) is 4.79 Å². The maximum Gasteiger partial charge on any atom is 0.377 e. The number of fused-ring (bicyclic) bond motifs is 1. The van der Waals surface area contributed by atoms with Crippen LogP contribution in [0.4, 0.5) is 0 Å². The van der Waals surface area contributed by atoms with Crippen molar-refractivity contribution in [3.8, 4) is 5.75 Å². The summed E-state index contributed by atoms with van der Waals surface area (Å²) in [5.74, 6) is -3.00. The van der Waals surface area contributed by atoms with E-state index in [-0.39, 0.29) is 11.3 Å². The van der Waals surface area contributed by atoms with E-state index in [4.69, 9.17) is 5.11 Å². The van der Waals surface area contributed by atoms with Gasteiger partial charge >= 0.3 is 5.97 Å². The minimum Gasteiger partial charge on any atom is -0.507 e. The second-order valence-corrected chi connectivity index (χ2v) is 3.35. The van der Waals surface area contributed by atoms with Gasteiger partial charge in [-0.05, 0) is 22.9 Å². The summed E-state index contributed by atoms with van der Waals surface area (Å²) in [4.78, 5) is 21.8. The third-order valence-corrected chi connectivity index (χ3v) is 2.30. The monoisotopic (exact) mass is 216 g/mol. The number of phenols is 1. The highest BCUT2D eigenvalue weighted by Crippen LogP contribution is 2.25. The summed E-state index contributed by atoms with van der Waals surface area (Å²) in [5.41, 5.74) is -0.189. The Morgan fingerprint density at radius 2 is 1.56 bits per heavy atom. The molecular weight excluding hydrogens is 208 g/mol. The molecule has 0 aliphatic heterocycles. The zero-order valence-electron chi connectivity index (χ0n) is 8.18. The fourth-order valence-corrected chi connectivity index (χ4v) is 1.53. The van der Waals surface area contributed by atoms with Gasteiger partial charge in [0.1, 0.15) is 5.75 Å². The fourth-order valence-electron chi connectivity index (χ4n) is 1.53. The van der Waals surface area contributed by atoms with Crippen LogP contribution in [0.5, 0.6) is 5.75 Å². The number of ketones is 1. The molecule has 80 valence electrons. The van der Waals surface area contributed by atoms with Crippen LogP contribution in [0.25, 0.3) is 10.8 Å². The molecule has 0 amide bonds. The van der Waals surface area contributed by atoms with Gasteiger partial charge in [0.15, 0.2) is 0 Å². The first-order chi connectivity index (χ1) is 7.59. The molecule has 2 aromatic carbocycles. The summed E-state index contributed by atoms with van der Waals surface area (Å²) in [7, 11) is 0. The minimum atomic E-state index is -1.58. The number of Topliss-reactive ketones (excluding diaryl/α,β-unsaturated/α-hetero) is 1.